The van der Waals surface area contributed by atoms with E-state index in [0.717, 1.165) is 32.2 Å². The fourth-order valence-electron chi connectivity index (χ4n) is 4.43. The van der Waals surface area contributed by atoms with Gasteiger partial charge in [0.05, 0.1) is 0 Å². The number of fused-ring (bicyclic) bond motifs is 4. The van der Waals surface area contributed by atoms with E-state index in [1.54, 1.807) is 8.61 Å². The lowest BCUT2D eigenvalue weighted by molar-refractivity contribution is 0.287. The molecule has 1 saturated carbocycles. The third-order valence-electron chi connectivity index (χ3n) is 5.47. The Balaban J connectivity index is 1.54. The van der Waals surface area contributed by atoms with E-state index in [0.29, 0.717) is 37.1 Å². The van der Waals surface area contributed by atoms with Crippen molar-refractivity contribution in [3.05, 3.63) is 0 Å². The van der Waals surface area contributed by atoms with Gasteiger partial charge < -0.3 is 5.32 Å². The topological polar surface area (TPSA) is 52.7 Å². The average molecular weight is 285 g/mol. The van der Waals surface area contributed by atoms with Gasteiger partial charge in [-0.3, -0.25) is 0 Å². The van der Waals surface area contributed by atoms with Gasteiger partial charge in [0.1, 0.15) is 0 Å². The van der Waals surface area contributed by atoms with Crippen LogP contribution in [-0.2, 0) is 10.2 Å². The van der Waals surface area contributed by atoms with E-state index < -0.39 is 10.2 Å². The second-order valence-corrected chi connectivity index (χ2v) is 8.58. The number of piperidine rings is 1. The zero-order chi connectivity index (χ0) is 13.0. The van der Waals surface area contributed by atoms with Gasteiger partial charge in [-0.25, -0.2) is 0 Å². The summed E-state index contributed by atoms with van der Waals surface area (Å²) in [6, 6.07) is 1.21. The molecule has 0 radical (unpaired) electrons. The molecule has 3 saturated heterocycles. The van der Waals surface area contributed by atoms with Crippen LogP contribution in [0.5, 0.6) is 0 Å². The molecule has 0 spiro atoms. The lowest BCUT2D eigenvalue weighted by Gasteiger charge is -2.33. The number of rotatable bonds is 2. The van der Waals surface area contributed by atoms with Gasteiger partial charge in [-0.2, -0.15) is 17.0 Å². The Morgan fingerprint density at radius 1 is 0.947 bits per heavy atom. The van der Waals surface area contributed by atoms with Gasteiger partial charge in [-0.15, -0.1) is 0 Å². The quantitative estimate of drug-likeness (QED) is 0.806. The van der Waals surface area contributed by atoms with E-state index >= 15 is 0 Å². The standard InChI is InChI=1S/C13H23N3O2S/c17-19(18,16-8-10-1-4-13(16)7-10)15-6-5-11-2-3-12(9-15)14-11/h10-14H,1-9H2. The maximum absolute atomic E-state index is 12.8. The molecule has 3 heterocycles. The molecular formula is C13H23N3O2S. The Morgan fingerprint density at radius 2 is 1.79 bits per heavy atom. The zero-order valence-corrected chi connectivity index (χ0v) is 12.1. The molecule has 5 nitrogen and oxygen atoms in total. The van der Waals surface area contributed by atoms with Crippen LogP contribution in [0.25, 0.3) is 0 Å². The van der Waals surface area contributed by atoms with Gasteiger partial charge in [0, 0.05) is 37.8 Å². The first-order chi connectivity index (χ1) is 9.13. The molecule has 19 heavy (non-hydrogen) atoms. The van der Waals surface area contributed by atoms with Crippen molar-refractivity contribution >= 4 is 10.2 Å². The van der Waals surface area contributed by atoms with E-state index in [1.807, 2.05) is 0 Å². The fraction of sp³-hybridized carbons (Fsp3) is 1.00. The van der Waals surface area contributed by atoms with E-state index in [4.69, 9.17) is 0 Å². The van der Waals surface area contributed by atoms with Gasteiger partial charge >= 0.3 is 0 Å². The van der Waals surface area contributed by atoms with Crippen molar-refractivity contribution < 1.29 is 8.42 Å². The molecule has 3 aliphatic heterocycles. The summed E-state index contributed by atoms with van der Waals surface area (Å²) in [5.74, 6) is 0.626. The normalized spacial score (nSPS) is 43.8. The van der Waals surface area contributed by atoms with Gasteiger partial charge in [-0.1, -0.05) is 0 Å². The van der Waals surface area contributed by atoms with Crippen LogP contribution in [0.2, 0.25) is 0 Å². The van der Waals surface area contributed by atoms with Crippen molar-refractivity contribution in [2.75, 3.05) is 19.6 Å². The van der Waals surface area contributed by atoms with Crippen LogP contribution in [0.4, 0.5) is 0 Å². The lowest BCUT2D eigenvalue weighted by Crippen LogP contribution is -2.49. The van der Waals surface area contributed by atoms with Crippen molar-refractivity contribution in [2.45, 2.75) is 56.7 Å². The van der Waals surface area contributed by atoms with Crippen molar-refractivity contribution in [3.63, 3.8) is 0 Å². The second-order valence-electron chi connectivity index (χ2n) is 6.69. The number of nitrogens with zero attached hydrogens (tertiary/aromatic N) is 2. The molecule has 4 unspecified atom stereocenters. The Labute approximate surface area is 115 Å². The maximum atomic E-state index is 12.8. The molecule has 1 aliphatic carbocycles. The summed E-state index contributed by atoms with van der Waals surface area (Å²) in [6.45, 7) is 2.14. The van der Waals surface area contributed by atoms with Gasteiger partial charge in [0.25, 0.3) is 10.2 Å². The summed E-state index contributed by atoms with van der Waals surface area (Å²) in [6.07, 6.45) is 6.70. The minimum atomic E-state index is -3.21. The van der Waals surface area contributed by atoms with Gasteiger partial charge in [0.15, 0.2) is 0 Å². The number of hydrogen-bond donors (Lipinski definition) is 1. The summed E-state index contributed by atoms with van der Waals surface area (Å²) in [7, 11) is -3.21. The maximum Gasteiger partial charge on any atom is 0.282 e. The fourth-order valence-corrected chi connectivity index (χ4v) is 6.40. The predicted octanol–water partition coefficient (Wildman–Crippen LogP) is 0.542. The molecule has 1 N–H and O–H groups in total. The van der Waals surface area contributed by atoms with Crippen LogP contribution in [0, 0.1) is 5.92 Å². The first-order valence-corrected chi connectivity index (χ1v) is 9.05. The first-order valence-electron chi connectivity index (χ1n) is 7.66. The first kappa shape index (κ1) is 12.6. The Hall–Kier alpha value is -0.170. The van der Waals surface area contributed by atoms with Crippen molar-refractivity contribution in [1.29, 1.82) is 0 Å². The van der Waals surface area contributed by atoms with Crippen LogP contribution < -0.4 is 5.32 Å². The van der Waals surface area contributed by atoms with E-state index in [-0.39, 0.29) is 0 Å². The van der Waals surface area contributed by atoms with Crippen molar-refractivity contribution in [3.8, 4) is 0 Å². The monoisotopic (exact) mass is 285 g/mol. The number of hydrogen-bond acceptors (Lipinski definition) is 3. The smallest absolute Gasteiger partial charge is 0.282 e. The van der Waals surface area contributed by atoms with Crippen LogP contribution in [0.1, 0.15) is 38.5 Å². The Kier molecular flexibility index (Phi) is 2.92. The Morgan fingerprint density at radius 3 is 2.53 bits per heavy atom. The second kappa shape index (κ2) is 4.41. The summed E-state index contributed by atoms with van der Waals surface area (Å²) in [5.41, 5.74) is 0. The third kappa shape index (κ3) is 2.04. The van der Waals surface area contributed by atoms with Crippen molar-refractivity contribution in [1.82, 2.24) is 13.9 Å². The highest BCUT2D eigenvalue weighted by molar-refractivity contribution is 7.86. The summed E-state index contributed by atoms with van der Waals surface area (Å²) in [5, 5.41) is 3.55. The molecule has 4 bridgehead atoms. The van der Waals surface area contributed by atoms with E-state index in [1.165, 1.54) is 12.8 Å². The van der Waals surface area contributed by atoms with Gasteiger partial charge in [-0.05, 0) is 44.4 Å². The van der Waals surface area contributed by atoms with Crippen LogP contribution >= 0.6 is 0 Å². The Bertz CT molecular complexity index is 467. The minimum absolute atomic E-state index is 0.295. The molecule has 108 valence electrons. The molecule has 0 aromatic heterocycles. The summed E-state index contributed by atoms with van der Waals surface area (Å²) in [4.78, 5) is 0. The van der Waals surface area contributed by atoms with E-state index in [9.17, 15) is 8.42 Å². The zero-order valence-electron chi connectivity index (χ0n) is 11.3. The summed E-state index contributed by atoms with van der Waals surface area (Å²) >= 11 is 0. The van der Waals surface area contributed by atoms with Crippen molar-refractivity contribution in [2.24, 2.45) is 5.92 Å². The largest absolute Gasteiger partial charge is 0.310 e. The predicted molar refractivity (Wildman–Crippen MR) is 72.9 cm³/mol. The van der Waals surface area contributed by atoms with E-state index in [2.05, 4.69) is 5.32 Å². The molecular weight excluding hydrogens is 262 g/mol. The van der Waals surface area contributed by atoms with Crippen LogP contribution in [0.3, 0.4) is 0 Å². The molecule has 4 atom stereocenters. The lowest BCUT2D eigenvalue weighted by atomic mass is 10.1. The SMILES string of the molecule is O=S(=O)(N1CCC2CCC(C1)N2)N1CC2CCC1C2. The molecule has 4 rings (SSSR count). The highest BCUT2D eigenvalue weighted by Crippen LogP contribution is 2.40. The average Bonchev–Trinajstić information content (AvgIpc) is 3.04. The molecule has 0 aromatic carbocycles. The minimum Gasteiger partial charge on any atom is -0.310 e. The van der Waals surface area contributed by atoms with Gasteiger partial charge in [0.2, 0.25) is 0 Å². The molecule has 6 heteroatoms. The highest BCUT2D eigenvalue weighted by atomic mass is 32.2. The highest BCUT2D eigenvalue weighted by Gasteiger charge is 2.46. The molecule has 0 aromatic rings. The molecule has 4 aliphatic rings. The van der Waals surface area contributed by atoms with Crippen LogP contribution in [0.15, 0.2) is 0 Å². The summed E-state index contributed by atoms with van der Waals surface area (Å²) < 4.78 is 29.2. The molecule has 0 amide bonds. The third-order valence-corrected chi connectivity index (χ3v) is 7.49. The molecule has 4 fully saturated rings. The number of nitrogens with one attached hydrogen (secondary N) is 1. The van der Waals surface area contributed by atoms with Crippen LogP contribution in [-0.4, -0.2) is 54.8 Å².